The smallest absolute Gasteiger partial charge is 0.236 e. The number of carbonyl (C=O) groups excluding carboxylic acids is 3. The second kappa shape index (κ2) is 32.1. The van der Waals surface area contributed by atoms with Crippen LogP contribution < -0.4 is 5.32 Å². The third-order valence-corrected chi connectivity index (χ3v) is 12.0. The molecule has 0 aromatic carbocycles. The van der Waals surface area contributed by atoms with Crippen molar-refractivity contribution in [3.63, 3.8) is 0 Å². The van der Waals surface area contributed by atoms with Crippen LogP contribution in [0.25, 0.3) is 0 Å². The van der Waals surface area contributed by atoms with Crippen LogP contribution in [0, 0.1) is 0 Å². The maximum atomic E-state index is 14.0. The molecule has 12 unspecified atom stereocenters. The molecular weight excluding hydrogens is 980 g/mol. The van der Waals surface area contributed by atoms with Gasteiger partial charge < -0.3 is 135 Å². The van der Waals surface area contributed by atoms with E-state index >= 15 is 0 Å². The number of aliphatic hydroxyl groups excluding tert-OH is 17. The summed E-state index contributed by atoms with van der Waals surface area (Å²) < 4.78 is 37.5. The molecule has 3 amide bonds. The molecule has 31 nitrogen and oxygen atoms in total. The zero-order valence-corrected chi connectivity index (χ0v) is 39.7. The van der Waals surface area contributed by atoms with Gasteiger partial charge in [0, 0.05) is 32.7 Å². The molecule has 422 valence electrons. The van der Waals surface area contributed by atoms with E-state index in [4.69, 9.17) is 53.6 Å². The number of carbonyl (C=O) groups is 3. The minimum absolute atomic E-state index is 0.0521. The van der Waals surface area contributed by atoms with Crippen molar-refractivity contribution in [3.8, 4) is 0 Å². The van der Waals surface area contributed by atoms with Gasteiger partial charge in [-0.25, -0.2) is 0 Å². The minimum atomic E-state index is -1.76. The third-order valence-electron chi connectivity index (χ3n) is 12.0. The fraction of sp³-hybridized carbons (Fsp3) is 0.927. The summed E-state index contributed by atoms with van der Waals surface area (Å²) >= 11 is 0. The summed E-state index contributed by atoms with van der Waals surface area (Å²) in [6.45, 7) is -4.84. The fourth-order valence-corrected chi connectivity index (χ4v) is 7.60. The van der Waals surface area contributed by atoms with Crippen LogP contribution in [-0.2, 0) is 47.5 Å². The molecule has 4 aliphatic rings. The monoisotopic (exact) mass is 1060 g/mol. The lowest BCUT2D eigenvalue weighted by molar-refractivity contribution is -0.303. The molecular formula is C41H76N4O27. The van der Waals surface area contributed by atoms with E-state index in [1.54, 1.807) is 6.92 Å². The Labute approximate surface area is 413 Å². The van der Waals surface area contributed by atoms with Gasteiger partial charge in [-0.05, 0) is 6.42 Å². The van der Waals surface area contributed by atoms with Gasteiger partial charge in [0.1, 0.15) is 97.7 Å². The van der Waals surface area contributed by atoms with E-state index in [-0.39, 0.29) is 52.5 Å². The van der Waals surface area contributed by atoms with Gasteiger partial charge in [0.05, 0.1) is 79.1 Å². The van der Waals surface area contributed by atoms with Crippen LogP contribution in [-0.4, -0.2) is 348 Å². The lowest BCUT2D eigenvalue weighted by Gasteiger charge is -2.40. The third kappa shape index (κ3) is 18.3. The molecule has 4 fully saturated rings. The van der Waals surface area contributed by atoms with Crippen molar-refractivity contribution in [2.75, 3.05) is 112 Å². The normalized spacial score (nSPS) is 36.1. The second-order valence-corrected chi connectivity index (χ2v) is 17.3. The first-order chi connectivity index (χ1) is 34.2. The SMILES string of the molecule is CCCNC(=O)CN(CC(=O)N(CCO)CCO[C@H]1OC(CO)[C@@H](O)C(O)C1O)CC(=O)N(CCO[C@H]1OC(CO)[C@@H](O)C(O)C1O)CCO[C@H]1OC(CO)[C@@H](O)C(O)C1O.OCC1OCC(O)C(O)[C@@H]1O. The molecule has 0 aromatic heterocycles. The van der Waals surface area contributed by atoms with E-state index < -0.39 is 194 Å². The molecule has 0 aliphatic carbocycles. The van der Waals surface area contributed by atoms with Gasteiger partial charge in [-0.1, -0.05) is 6.92 Å². The highest BCUT2D eigenvalue weighted by molar-refractivity contribution is 5.84. The van der Waals surface area contributed by atoms with Gasteiger partial charge >= 0.3 is 0 Å². The Kier molecular flexibility index (Phi) is 28.4. The topological polar surface area (TPSA) is 481 Å². The van der Waals surface area contributed by atoms with Crippen molar-refractivity contribution < 1.29 is 134 Å². The van der Waals surface area contributed by atoms with Gasteiger partial charge in [0.15, 0.2) is 18.9 Å². The number of rotatable bonds is 26. The molecule has 18 N–H and O–H groups in total. The predicted octanol–water partition coefficient (Wildman–Crippen LogP) is -12.6. The summed E-state index contributed by atoms with van der Waals surface area (Å²) in [5, 5.41) is 168. The van der Waals surface area contributed by atoms with Crippen molar-refractivity contribution in [2.45, 2.75) is 130 Å². The highest BCUT2D eigenvalue weighted by atomic mass is 16.7. The Bertz CT molecular complexity index is 1520. The van der Waals surface area contributed by atoms with Crippen molar-refractivity contribution in [2.24, 2.45) is 0 Å². The molecule has 4 saturated heterocycles. The van der Waals surface area contributed by atoms with Crippen molar-refractivity contribution in [3.05, 3.63) is 0 Å². The Morgan fingerprint density at radius 2 is 0.847 bits per heavy atom. The van der Waals surface area contributed by atoms with Gasteiger partial charge in [-0.15, -0.1) is 0 Å². The van der Waals surface area contributed by atoms with E-state index in [9.17, 15) is 80.8 Å². The number of hydrogen-bond acceptors (Lipinski definition) is 28. The molecule has 0 radical (unpaired) electrons. The first kappa shape index (κ1) is 63.7. The minimum Gasteiger partial charge on any atom is -0.395 e. The fourth-order valence-electron chi connectivity index (χ4n) is 7.60. The Morgan fingerprint density at radius 3 is 1.19 bits per heavy atom. The Hall–Kier alpha value is -2.59. The van der Waals surface area contributed by atoms with Crippen LogP contribution in [0.4, 0.5) is 0 Å². The summed E-state index contributed by atoms with van der Waals surface area (Å²) in [6.07, 6.45) is -27.6. The number of amides is 3. The summed E-state index contributed by atoms with van der Waals surface area (Å²) in [5.41, 5.74) is 0. The number of hydrogen-bond donors (Lipinski definition) is 18. The first-order valence-corrected chi connectivity index (χ1v) is 23.4. The molecule has 0 spiro atoms. The molecule has 31 heteroatoms. The second-order valence-electron chi connectivity index (χ2n) is 17.3. The number of nitrogens with zero attached hydrogens (tertiary/aromatic N) is 3. The van der Waals surface area contributed by atoms with E-state index in [2.05, 4.69) is 5.32 Å². The average Bonchev–Trinajstić information content (AvgIpc) is 3.36. The maximum absolute atomic E-state index is 14.0. The molecule has 4 aliphatic heterocycles. The first-order valence-electron chi connectivity index (χ1n) is 23.4. The number of aliphatic hydroxyl groups is 17. The number of nitrogens with one attached hydrogen (secondary N) is 1. The van der Waals surface area contributed by atoms with Crippen LogP contribution in [0.1, 0.15) is 13.3 Å². The molecule has 0 aromatic rings. The zero-order chi connectivity index (χ0) is 53.8. The lowest BCUT2D eigenvalue weighted by atomic mass is 9.99. The standard InChI is InChI=1S/C35H64N4O22.C6H12O5/c1-2-3-36-21(44)12-37(13-22(45)38(4-8-40)5-9-56-33-30(53)27(50)24(47)18(15-41)59-33)14-23(46)39(6-10-57-34-31(54)28(51)25(48)19(16-42)60-34)7-11-58-35-32(55)29(52)26(49)20(17-43)61-35;7-1-4-6(10)5(9)3(8)2-11-4/h18-20,24-35,40-43,47-55H,2-17H2,1H3,(H,36,44);3-10H,1-2H2/t18?,19?,20?,24-,25-,26-,27?,28?,29?,30?,31?,32?,33+,34+,35+;3?,4?,5?,6-/m11/s1. The largest absolute Gasteiger partial charge is 0.395 e. The van der Waals surface area contributed by atoms with Crippen molar-refractivity contribution in [1.29, 1.82) is 0 Å². The van der Waals surface area contributed by atoms with Crippen molar-refractivity contribution in [1.82, 2.24) is 20.0 Å². The highest BCUT2D eigenvalue weighted by Crippen LogP contribution is 2.25. The zero-order valence-electron chi connectivity index (χ0n) is 39.7. The van der Waals surface area contributed by atoms with Gasteiger partial charge in [0.25, 0.3) is 0 Å². The van der Waals surface area contributed by atoms with E-state index in [1.165, 1.54) is 4.90 Å². The molecule has 4 rings (SSSR count). The Morgan fingerprint density at radius 1 is 0.486 bits per heavy atom. The van der Waals surface area contributed by atoms with Gasteiger partial charge in [-0.3, -0.25) is 19.3 Å². The number of ether oxygens (including phenoxy) is 7. The average molecular weight is 1060 g/mol. The van der Waals surface area contributed by atoms with Crippen LogP contribution in [0.3, 0.4) is 0 Å². The van der Waals surface area contributed by atoms with Crippen LogP contribution >= 0.6 is 0 Å². The maximum Gasteiger partial charge on any atom is 0.236 e. The van der Waals surface area contributed by atoms with Crippen LogP contribution in [0.15, 0.2) is 0 Å². The molecule has 0 bridgehead atoms. The van der Waals surface area contributed by atoms with Crippen LogP contribution in [0.5, 0.6) is 0 Å². The van der Waals surface area contributed by atoms with Crippen LogP contribution in [0.2, 0.25) is 0 Å². The highest BCUT2D eigenvalue weighted by Gasteiger charge is 2.46. The predicted molar refractivity (Wildman–Crippen MR) is 234 cm³/mol. The lowest BCUT2D eigenvalue weighted by Crippen LogP contribution is -2.59. The van der Waals surface area contributed by atoms with E-state index in [0.717, 1.165) is 9.80 Å². The van der Waals surface area contributed by atoms with Crippen molar-refractivity contribution >= 4 is 17.7 Å². The molecule has 0 saturated carbocycles. The molecule has 19 atom stereocenters. The van der Waals surface area contributed by atoms with E-state index in [0.29, 0.717) is 6.42 Å². The van der Waals surface area contributed by atoms with Gasteiger partial charge in [0.2, 0.25) is 17.7 Å². The molecule has 72 heavy (non-hydrogen) atoms. The van der Waals surface area contributed by atoms with E-state index in [1.807, 2.05) is 0 Å². The summed E-state index contributed by atoms with van der Waals surface area (Å²) in [6, 6.07) is 0. The quantitative estimate of drug-likeness (QED) is 0.0382. The summed E-state index contributed by atoms with van der Waals surface area (Å²) in [4.78, 5) is 44.0. The van der Waals surface area contributed by atoms with Gasteiger partial charge in [-0.2, -0.15) is 0 Å². The summed E-state index contributed by atoms with van der Waals surface area (Å²) in [7, 11) is 0. The molecule has 4 heterocycles. The summed E-state index contributed by atoms with van der Waals surface area (Å²) in [5.74, 6) is -1.97. The Balaban J connectivity index is 0.00000109.